The zero-order valence-corrected chi connectivity index (χ0v) is 11.7. The molecule has 0 unspecified atom stereocenters. The van der Waals surface area contributed by atoms with Gasteiger partial charge in [0.25, 0.3) is 0 Å². The Hall–Kier alpha value is -1.31. The summed E-state index contributed by atoms with van der Waals surface area (Å²) in [6, 6.07) is 0. The molecule has 0 saturated heterocycles. The van der Waals surface area contributed by atoms with Gasteiger partial charge in [-0.15, -0.1) is 0 Å². The van der Waals surface area contributed by atoms with Crippen LogP contribution >= 0.6 is 0 Å². The van der Waals surface area contributed by atoms with E-state index in [1.807, 2.05) is 0 Å². The van der Waals surface area contributed by atoms with Crippen LogP contribution in [0.15, 0.2) is 0 Å². The van der Waals surface area contributed by atoms with Crippen LogP contribution < -0.4 is 4.48 Å². The molecule has 21 heavy (non-hydrogen) atoms. The van der Waals surface area contributed by atoms with Crippen molar-refractivity contribution in [3.8, 4) is 0 Å². The van der Waals surface area contributed by atoms with Gasteiger partial charge >= 0.3 is 6.18 Å². The van der Waals surface area contributed by atoms with E-state index >= 15 is 0 Å². The van der Waals surface area contributed by atoms with E-state index in [1.165, 1.54) is 20.8 Å². The molecule has 0 aliphatic rings. The maximum atomic E-state index is 14.0. The van der Waals surface area contributed by atoms with Crippen LogP contribution in [-0.2, 0) is 6.18 Å². The molecule has 1 aromatic rings. The smallest absolute Gasteiger partial charge is 0.287 e. The number of hydrogen-bond acceptors (Lipinski definition) is 0. The average molecular weight is 318 g/mol. The van der Waals surface area contributed by atoms with Gasteiger partial charge in [0.05, 0.1) is 19.6 Å². The third-order valence-electron chi connectivity index (χ3n) is 3.81. The van der Waals surface area contributed by atoms with Crippen LogP contribution in [0.3, 0.4) is 0 Å². The number of quaternary nitrogens is 1. The van der Waals surface area contributed by atoms with Crippen LogP contribution in [0.2, 0.25) is 0 Å². The van der Waals surface area contributed by atoms with Gasteiger partial charge in [-0.05, 0) is 20.8 Å². The Morgan fingerprint density at radius 2 is 1.05 bits per heavy atom. The van der Waals surface area contributed by atoms with Gasteiger partial charge in [-0.1, -0.05) is 0 Å². The van der Waals surface area contributed by atoms with E-state index in [9.17, 15) is 30.7 Å². The SMILES string of the molecule is CC[N+](CC)(CC)c1c(F)c(F)c(C(F)(F)F)c(F)c1F. The van der Waals surface area contributed by atoms with Crippen LogP contribution in [0, 0.1) is 23.3 Å². The number of hydrogen-bond donors (Lipinski definition) is 0. The average Bonchev–Trinajstić information content (AvgIpc) is 2.40. The number of alkyl halides is 3. The zero-order valence-electron chi connectivity index (χ0n) is 11.7. The van der Waals surface area contributed by atoms with E-state index in [2.05, 4.69) is 0 Å². The van der Waals surface area contributed by atoms with Crippen molar-refractivity contribution in [1.82, 2.24) is 4.48 Å². The topological polar surface area (TPSA) is 0 Å². The van der Waals surface area contributed by atoms with Gasteiger partial charge in [0.2, 0.25) is 17.3 Å². The van der Waals surface area contributed by atoms with Crippen molar-refractivity contribution in [2.75, 3.05) is 19.6 Å². The van der Waals surface area contributed by atoms with Crippen molar-refractivity contribution >= 4 is 5.69 Å². The lowest BCUT2D eigenvalue weighted by Gasteiger charge is -2.35. The first-order valence-electron chi connectivity index (χ1n) is 6.37. The number of nitrogens with zero attached hydrogens (tertiary/aromatic N) is 1. The van der Waals surface area contributed by atoms with Crippen molar-refractivity contribution in [3.63, 3.8) is 0 Å². The summed E-state index contributed by atoms with van der Waals surface area (Å²) in [6.07, 6.45) is -5.52. The number of rotatable bonds is 4. The van der Waals surface area contributed by atoms with Crippen LogP contribution in [0.25, 0.3) is 0 Å². The highest BCUT2D eigenvalue weighted by Gasteiger charge is 2.46. The Morgan fingerprint density at radius 3 is 1.29 bits per heavy atom. The summed E-state index contributed by atoms with van der Waals surface area (Å²) in [5.74, 6) is -8.80. The first-order chi connectivity index (χ1) is 9.57. The van der Waals surface area contributed by atoms with Gasteiger partial charge in [-0.25, -0.2) is 8.78 Å². The minimum atomic E-state index is -5.52. The van der Waals surface area contributed by atoms with Crippen LogP contribution in [0.1, 0.15) is 26.3 Å². The zero-order chi connectivity index (χ0) is 16.6. The summed E-state index contributed by atoms with van der Waals surface area (Å²) in [5.41, 5.74) is -3.55. The molecule has 1 nitrogen and oxygen atoms in total. The monoisotopic (exact) mass is 318 g/mol. The van der Waals surface area contributed by atoms with Gasteiger partial charge in [0.15, 0.2) is 11.6 Å². The van der Waals surface area contributed by atoms with Gasteiger partial charge < -0.3 is 0 Å². The molecule has 0 aliphatic heterocycles. The van der Waals surface area contributed by atoms with Gasteiger partial charge in [-0.2, -0.15) is 22.0 Å². The summed E-state index contributed by atoms with van der Waals surface area (Å²) >= 11 is 0. The lowest BCUT2D eigenvalue weighted by Crippen LogP contribution is -2.50. The van der Waals surface area contributed by atoms with Crippen molar-refractivity contribution in [2.24, 2.45) is 0 Å². The summed E-state index contributed by atoms with van der Waals surface area (Å²) in [5, 5.41) is 0. The summed E-state index contributed by atoms with van der Waals surface area (Å²) in [4.78, 5) is 0. The van der Waals surface area contributed by atoms with E-state index in [4.69, 9.17) is 0 Å². The van der Waals surface area contributed by atoms with Crippen molar-refractivity contribution < 1.29 is 30.7 Å². The van der Waals surface area contributed by atoms with E-state index in [0.29, 0.717) is 0 Å². The van der Waals surface area contributed by atoms with Crippen LogP contribution in [0.4, 0.5) is 36.4 Å². The van der Waals surface area contributed by atoms with Crippen molar-refractivity contribution in [3.05, 3.63) is 28.8 Å². The molecule has 0 amide bonds. The molecule has 8 heteroatoms. The molecule has 0 bridgehead atoms. The Balaban J connectivity index is 3.82. The standard InChI is InChI=1S/C13H15F7N/c1-4-21(5-2,6-3)12-10(16)8(14)7(13(18,19)20)9(15)11(12)17/h4-6H2,1-3H3/q+1. The Morgan fingerprint density at radius 1 is 0.714 bits per heavy atom. The minimum absolute atomic E-state index is 0.0745. The molecule has 0 atom stereocenters. The van der Waals surface area contributed by atoms with E-state index < -0.39 is 45.2 Å². The summed E-state index contributed by atoms with van der Waals surface area (Å²) < 4.78 is 92.3. The Kier molecular flexibility index (Phi) is 4.92. The van der Waals surface area contributed by atoms with Crippen molar-refractivity contribution in [2.45, 2.75) is 26.9 Å². The normalized spacial score (nSPS) is 12.9. The Labute approximate surface area is 117 Å². The lowest BCUT2D eigenvalue weighted by molar-refractivity contribution is -0.143. The lowest BCUT2D eigenvalue weighted by atomic mass is 10.1. The predicted octanol–water partition coefficient (Wildman–Crippen LogP) is 4.63. The number of benzene rings is 1. The van der Waals surface area contributed by atoms with E-state index in [-0.39, 0.29) is 19.6 Å². The third-order valence-corrected chi connectivity index (χ3v) is 3.81. The molecule has 0 heterocycles. The quantitative estimate of drug-likeness (QED) is 0.431. The van der Waals surface area contributed by atoms with Crippen molar-refractivity contribution in [1.29, 1.82) is 0 Å². The number of halogens is 7. The second-order valence-corrected chi connectivity index (χ2v) is 4.57. The first-order valence-corrected chi connectivity index (χ1v) is 6.37. The fourth-order valence-electron chi connectivity index (χ4n) is 2.43. The van der Waals surface area contributed by atoms with E-state index in [1.54, 1.807) is 0 Å². The third kappa shape index (κ3) is 2.73. The molecule has 0 aliphatic carbocycles. The second kappa shape index (κ2) is 5.82. The van der Waals surface area contributed by atoms with Gasteiger partial charge in [0.1, 0.15) is 5.56 Å². The fraction of sp³-hybridized carbons (Fsp3) is 0.538. The highest BCUT2D eigenvalue weighted by atomic mass is 19.4. The highest BCUT2D eigenvalue weighted by Crippen LogP contribution is 2.41. The molecular weight excluding hydrogens is 303 g/mol. The Bertz CT molecular complexity index is 495. The van der Waals surface area contributed by atoms with Crippen LogP contribution in [0.5, 0.6) is 0 Å². The first kappa shape index (κ1) is 17.7. The molecule has 1 rings (SSSR count). The maximum absolute atomic E-state index is 14.0. The maximum Gasteiger partial charge on any atom is 0.422 e. The molecule has 0 fully saturated rings. The van der Waals surface area contributed by atoms with E-state index in [0.717, 1.165) is 0 Å². The fourth-order valence-corrected chi connectivity index (χ4v) is 2.43. The second-order valence-electron chi connectivity index (χ2n) is 4.57. The van der Waals surface area contributed by atoms with Crippen LogP contribution in [-0.4, -0.2) is 19.6 Å². The molecule has 0 N–H and O–H groups in total. The summed E-state index contributed by atoms with van der Waals surface area (Å²) in [6.45, 7) is 4.80. The van der Waals surface area contributed by atoms with Gasteiger partial charge in [-0.3, -0.25) is 4.48 Å². The molecule has 0 saturated carbocycles. The molecule has 0 radical (unpaired) electrons. The molecule has 0 spiro atoms. The van der Waals surface area contributed by atoms with Gasteiger partial charge in [0, 0.05) is 0 Å². The largest absolute Gasteiger partial charge is 0.422 e. The predicted molar refractivity (Wildman–Crippen MR) is 64.7 cm³/mol. The minimum Gasteiger partial charge on any atom is -0.287 e. The highest BCUT2D eigenvalue weighted by molar-refractivity contribution is 5.50. The summed E-state index contributed by atoms with van der Waals surface area (Å²) in [7, 11) is 0. The molecule has 120 valence electrons. The molecule has 1 aromatic carbocycles. The molecule has 0 aromatic heterocycles. The molecular formula is C13H15F7N+.